The van der Waals surface area contributed by atoms with Crippen LogP contribution < -0.4 is 9.64 Å². The molecular formula is C14H13NO4. The second-order valence-electron chi connectivity index (χ2n) is 4.23. The number of rotatable bonds is 4. The molecule has 1 heterocycles. The molecule has 5 heteroatoms. The molecule has 1 aromatic carbocycles. The van der Waals surface area contributed by atoms with Crippen LogP contribution in [0, 0.1) is 18.3 Å². The van der Waals surface area contributed by atoms with Crippen molar-refractivity contribution in [3.8, 4) is 18.1 Å². The Morgan fingerprint density at radius 1 is 1.47 bits per heavy atom. The Morgan fingerprint density at radius 3 is 2.68 bits per heavy atom. The summed E-state index contributed by atoms with van der Waals surface area (Å²) in [5, 5.41) is 8.92. The van der Waals surface area contributed by atoms with Gasteiger partial charge in [0.05, 0.1) is 5.92 Å². The minimum atomic E-state index is -0.940. The van der Waals surface area contributed by atoms with Crippen LogP contribution in [0.3, 0.4) is 0 Å². The number of aliphatic carboxylic acids is 1. The zero-order chi connectivity index (χ0) is 13.8. The van der Waals surface area contributed by atoms with Crippen molar-refractivity contribution in [1.82, 2.24) is 0 Å². The van der Waals surface area contributed by atoms with Gasteiger partial charge >= 0.3 is 5.97 Å². The normalized spacial score (nSPS) is 18.2. The molecule has 98 valence electrons. The Balaban J connectivity index is 2.08. The first-order valence-corrected chi connectivity index (χ1v) is 5.81. The molecule has 0 spiro atoms. The monoisotopic (exact) mass is 259 g/mol. The molecule has 1 fully saturated rings. The topological polar surface area (TPSA) is 66.8 Å². The molecule has 2 rings (SSSR count). The third-order valence-corrected chi connectivity index (χ3v) is 2.94. The molecule has 0 radical (unpaired) electrons. The van der Waals surface area contributed by atoms with Gasteiger partial charge in [0.15, 0.2) is 0 Å². The smallest absolute Gasteiger partial charge is 0.308 e. The van der Waals surface area contributed by atoms with Gasteiger partial charge in [-0.25, -0.2) is 0 Å². The van der Waals surface area contributed by atoms with E-state index in [4.69, 9.17) is 16.3 Å². The molecule has 1 aromatic rings. The summed E-state index contributed by atoms with van der Waals surface area (Å²) >= 11 is 0. The summed E-state index contributed by atoms with van der Waals surface area (Å²) in [6.45, 7) is 0.391. The van der Waals surface area contributed by atoms with Gasteiger partial charge in [-0.15, -0.1) is 6.42 Å². The Morgan fingerprint density at radius 2 is 2.16 bits per heavy atom. The molecule has 1 saturated heterocycles. The lowest BCUT2D eigenvalue weighted by Gasteiger charge is -2.16. The van der Waals surface area contributed by atoms with Crippen LogP contribution in [0.4, 0.5) is 5.69 Å². The van der Waals surface area contributed by atoms with Gasteiger partial charge in [-0.3, -0.25) is 9.59 Å². The second kappa shape index (κ2) is 5.44. The summed E-state index contributed by atoms with van der Waals surface area (Å²) in [5.74, 6) is 1.22. The first-order valence-electron chi connectivity index (χ1n) is 5.81. The number of carboxylic acid groups (broad SMARTS) is 1. The highest BCUT2D eigenvalue weighted by molar-refractivity contribution is 5.99. The maximum atomic E-state index is 11.8. The van der Waals surface area contributed by atoms with Gasteiger partial charge < -0.3 is 14.7 Å². The van der Waals surface area contributed by atoms with Crippen molar-refractivity contribution in [1.29, 1.82) is 0 Å². The first-order chi connectivity index (χ1) is 9.11. The van der Waals surface area contributed by atoms with E-state index in [-0.39, 0.29) is 25.5 Å². The number of carboxylic acids is 1. The lowest BCUT2D eigenvalue weighted by Crippen LogP contribution is -2.25. The number of ether oxygens (including phenoxy) is 1. The third-order valence-electron chi connectivity index (χ3n) is 2.94. The summed E-state index contributed by atoms with van der Waals surface area (Å²) in [6, 6.07) is 6.84. The van der Waals surface area contributed by atoms with Crippen molar-refractivity contribution >= 4 is 17.6 Å². The molecule has 1 amide bonds. The van der Waals surface area contributed by atoms with Crippen LogP contribution in [-0.2, 0) is 9.59 Å². The molecule has 1 aliphatic rings. The lowest BCUT2D eigenvalue weighted by atomic mass is 10.1. The maximum Gasteiger partial charge on any atom is 0.308 e. The fourth-order valence-corrected chi connectivity index (χ4v) is 1.97. The minimum Gasteiger partial charge on any atom is -0.481 e. The average molecular weight is 259 g/mol. The summed E-state index contributed by atoms with van der Waals surface area (Å²) in [6.07, 6.45) is 5.13. The molecule has 0 bridgehead atoms. The molecular weight excluding hydrogens is 246 g/mol. The van der Waals surface area contributed by atoms with E-state index in [1.54, 1.807) is 24.3 Å². The standard InChI is InChI=1S/C14H13NO4/c1-2-7-19-12-5-3-11(4-6-12)15-9-10(14(17)18)8-13(15)16/h1,3-6,10H,7-9H2,(H,17,18). The number of hydrogen-bond acceptors (Lipinski definition) is 3. The van der Waals surface area contributed by atoms with Gasteiger partial charge in [-0.05, 0) is 24.3 Å². The predicted molar refractivity (Wildman–Crippen MR) is 68.9 cm³/mol. The van der Waals surface area contributed by atoms with Gasteiger partial charge in [0.25, 0.3) is 0 Å². The Labute approximate surface area is 110 Å². The van der Waals surface area contributed by atoms with Gasteiger partial charge in [-0.2, -0.15) is 0 Å². The summed E-state index contributed by atoms with van der Waals surface area (Å²) in [5.41, 5.74) is 0.668. The van der Waals surface area contributed by atoms with E-state index in [2.05, 4.69) is 5.92 Å². The Kier molecular flexibility index (Phi) is 3.71. The quantitative estimate of drug-likeness (QED) is 0.823. The van der Waals surface area contributed by atoms with Crippen LogP contribution in [0.1, 0.15) is 6.42 Å². The molecule has 1 aliphatic heterocycles. The van der Waals surface area contributed by atoms with E-state index in [0.29, 0.717) is 11.4 Å². The third kappa shape index (κ3) is 2.86. The lowest BCUT2D eigenvalue weighted by molar-refractivity contribution is -0.141. The van der Waals surface area contributed by atoms with E-state index in [9.17, 15) is 9.59 Å². The maximum absolute atomic E-state index is 11.8. The van der Waals surface area contributed by atoms with Crippen molar-refractivity contribution < 1.29 is 19.4 Å². The first kappa shape index (κ1) is 13.0. The highest BCUT2D eigenvalue weighted by Gasteiger charge is 2.34. The number of benzene rings is 1. The van der Waals surface area contributed by atoms with Crippen LogP contribution in [0.2, 0.25) is 0 Å². The summed E-state index contributed by atoms with van der Waals surface area (Å²) < 4.78 is 5.23. The number of carbonyl (C=O) groups excluding carboxylic acids is 1. The molecule has 5 nitrogen and oxygen atoms in total. The average Bonchev–Trinajstić information content (AvgIpc) is 2.79. The Hall–Kier alpha value is -2.48. The number of anilines is 1. The van der Waals surface area contributed by atoms with E-state index in [1.807, 2.05) is 0 Å². The molecule has 1 unspecified atom stereocenters. The number of nitrogens with zero attached hydrogens (tertiary/aromatic N) is 1. The number of amides is 1. The molecule has 0 aromatic heterocycles. The van der Waals surface area contributed by atoms with Crippen LogP contribution >= 0.6 is 0 Å². The van der Waals surface area contributed by atoms with Gasteiger partial charge in [0.2, 0.25) is 5.91 Å². The predicted octanol–water partition coefficient (Wildman–Crippen LogP) is 1.14. The molecule has 19 heavy (non-hydrogen) atoms. The van der Waals surface area contributed by atoms with Crippen LogP contribution in [0.25, 0.3) is 0 Å². The molecule has 0 aliphatic carbocycles. The van der Waals surface area contributed by atoms with E-state index in [0.717, 1.165) is 0 Å². The van der Waals surface area contributed by atoms with Gasteiger partial charge in [0, 0.05) is 18.7 Å². The number of terminal acetylenes is 1. The van der Waals surface area contributed by atoms with E-state index < -0.39 is 11.9 Å². The largest absolute Gasteiger partial charge is 0.481 e. The van der Waals surface area contributed by atoms with Crippen molar-refractivity contribution in [2.24, 2.45) is 5.92 Å². The number of hydrogen-bond donors (Lipinski definition) is 1. The highest BCUT2D eigenvalue weighted by Crippen LogP contribution is 2.26. The summed E-state index contributed by atoms with van der Waals surface area (Å²) in [7, 11) is 0. The second-order valence-corrected chi connectivity index (χ2v) is 4.23. The molecule has 1 N–H and O–H groups in total. The van der Waals surface area contributed by atoms with E-state index in [1.165, 1.54) is 4.90 Å². The Bertz CT molecular complexity index is 529. The van der Waals surface area contributed by atoms with E-state index >= 15 is 0 Å². The van der Waals surface area contributed by atoms with Crippen LogP contribution in [-0.4, -0.2) is 30.1 Å². The summed E-state index contributed by atoms with van der Waals surface area (Å²) in [4.78, 5) is 24.1. The number of carbonyl (C=O) groups is 2. The van der Waals surface area contributed by atoms with Crippen LogP contribution in [0.15, 0.2) is 24.3 Å². The van der Waals surface area contributed by atoms with Crippen LogP contribution in [0.5, 0.6) is 5.75 Å². The van der Waals surface area contributed by atoms with Crippen molar-refractivity contribution in [2.45, 2.75) is 6.42 Å². The zero-order valence-corrected chi connectivity index (χ0v) is 10.2. The molecule has 0 saturated carbocycles. The van der Waals surface area contributed by atoms with Crippen molar-refractivity contribution in [3.63, 3.8) is 0 Å². The fraction of sp³-hybridized carbons (Fsp3) is 0.286. The molecule has 1 atom stereocenters. The van der Waals surface area contributed by atoms with Gasteiger partial charge in [0.1, 0.15) is 12.4 Å². The minimum absolute atomic E-state index is 0.0463. The fourth-order valence-electron chi connectivity index (χ4n) is 1.97. The highest BCUT2D eigenvalue weighted by atomic mass is 16.5. The van der Waals surface area contributed by atoms with Crippen molar-refractivity contribution in [3.05, 3.63) is 24.3 Å². The van der Waals surface area contributed by atoms with Crippen molar-refractivity contribution in [2.75, 3.05) is 18.1 Å². The van der Waals surface area contributed by atoms with Gasteiger partial charge in [-0.1, -0.05) is 5.92 Å². The SMILES string of the molecule is C#CCOc1ccc(N2CC(C(=O)O)CC2=O)cc1. The zero-order valence-electron chi connectivity index (χ0n) is 10.2.